The molecule has 1 aromatic rings. The molecular formula is C13H16N2O3. The standard InChI is InChI=1S/C13H16N2O3/c1-9-4-2-5-10(15-9)8-14-11(16)13(12(17)18)6-3-7-13/h2,4-5H,3,6-8H2,1H3,(H,14,16)(H,17,18). The van der Waals surface area contributed by atoms with Gasteiger partial charge >= 0.3 is 5.97 Å². The van der Waals surface area contributed by atoms with Gasteiger partial charge in [-0.1, -0.05) is 12.5 Å². The van der Waals surface area contributed by atoms with Crippen LogP contribution >= 0.6 is 0 Å². The lowest BCUT2D eigenvalue weighted by Crippen LogP contribution is -2.50. The fraction of sp³-hybridized carbons (Fsp3) is 0.462. The predicted molar refractivity (Wildman–Crippen MR) is 64.7 cm³/mol. The van der Waals surface area contributed by atoms with Gasteiger partial charge in [0.2, 0.25) is 5.91 Å². The van der Waals surface area contributed by atoms with Gasteiger partial charge in [0.05, 0.1) is 12.2 Å². The van der Waals surface area contributed by atoms with E-state index in [1.807, 2.05) is 25.1 Å². The van der Waals surface area contributed by atoms with Gasteiger partial charge in [0.15, 0.2) is 0 Å². The minimum atomic E-state index is -1.20. The third-order valence-corrected chi connectivity index (χ3v) is 3.43. The first-order valence-corrected chi connectivity index (χ1v) is 5.99. The van der Waals surface area contributed by atoms with Gasteiger partial charge in [-0.2, -0.15) is 0 Å². The number of carboxylic acid groups (broad SMARTS) is 1. The highest BCUT2D eigenvalue weighted by molar-refractivity contribution is 6.02. The molecule has 96 valence electrons. The first kappa shape index (κ1) is 12.5. The number of carboxylic acids is 1. The van der Waals surface area contributed by atoms with E-state index in [1.54, 1.807) is 0 Å². The highest BCUT2D eigenvalue weighted by atomic mass is 16.4. The van der Waals surface area contributed by atoms with E-state index in [2.05, 4.69) is 10.3 Å². The number of carbonyl (C=O) groups excluding carboxylic acids is 1. The van der Waals surface area contributed by atoms with E-state index in [1.165, 1.54) is 0 Å². The number of hydrogen-bond donors (Lipinski definition) is 2. The molecule has 1 heterocycles. The van der Waals surface area contributed by atoms with E-state index in [0.29, 0.717) is 12.8 Å². The minimum Gasteiger partial charge on any atom is -0.480 e. The normalized spacial score (nSPS) is 16.7. The van der Waals surface area contributed by atoms with Crippen LogP contribution in [0.1, 0.15) is 30.7 Å². The van der Waals surface area contributed by atoms with Crippen LogP contribution in [0.3, 0.4) is 0 Å². The summed E-state index contributed by atoms with van der Waals surface area (Å²) in [6.07, 6.45) is 1.65. The van der Waals surface area contributed by atoms with Crippen molar-refractivity contribution in [3.05, 3.63) is 29.6 Å². The Morgan fingerprint density at radius 3 is 2.67 bits per heavy atom. The number of pyridine rings is 1. The highest BCUT2D eigenvalue weighted by Crippen LogP contribution is 2.41. The maximum absolute atomic E-state index is 11.9. The van der Waals surface area contributed by atoms with Gasteiger partial charge in [0, 0.05) is 5.69 Å². The Kier molecular flexibility index (Phi) is 3.32. The number of hydrogen-bond acceptors (Lipinski definition) is 3. The van der Waals surface area contributed by atoms with Crippen molar-refractivity contribution in [3.8, 4) is 0 Å². The van der Waals surface area contributed by atoms with Gasteiger partial charge in [0.1, 0.15) is 5.41 Å². The van der Waals surface area contributed by atoms with Crippen molar-refractivity contribution in [2.45, 2.75) is 32.7 Å². The van der Waals surface area contributed by atoms with Gasteiger partial charge < -0.3 is 10.4 Å². The maximum atomic E-state index is 11.9. The molecule has 0 unspecified atom stereocenters. The van der Waals surface area contributed by atoms with E-state index in [4.69, 9.17) is 5.11 Å². The number of aliphatic carboxylic acids is 1. The first-order valence-electron chi connectivity index (χ1n) is 5.99. The summed E-state index contributed by atoms with van der Waals surface area (Å²) in [5.41, 5.74) is 0.408. The van der Waals surface area contributed by atoms with Crippen LogP contribution in [0.4, 0.5) is 0 Å². The summed E-state index contributed by atoms with van der Waals surface area (Å²) >= 11 is 0. The highest BCUT2D eigenvalue weighted by Gasteiger charge is 2.50. The number of nitrogens with one attached hydrogen (secondary N) is 1. The molecule has 0 spiro atoms. The molecule has 1 aromatic heterocycles. The van der Waals surface area contributed by atoms with Crippen molar-refractivity contribution in [3.63, 3.8) is 0 Å². The van der Waals surface area contributed by atoms with Gasteiger partial charge in [-0.3, -0.25) is 14.6 Å². The van der Waals surface area contributed by atoms with Gasteiger partial charge in [-0.15, -0.1) is 0 Å². The summed E-state index contributed by atoms with van der Waals surface area (Å²) in [6.45, 7) is 2.14. The molecule has 1 aliphatic rings. The van der Waals surface area contributed by atoms with Crippen molar-refractivity contribution >= 4 is 11.9 Å². The lowest BCUT2D eigenvalue weighted by atomic mass is 9.68. The second kappa shape index (κ2) is 4.76. The molecule has 1 aliphatic carbocycles. The molecule has 5 heteroatoms. The van der Waals surface area contributed by atoms with Crippen LogP contribution in [-0.2, 0) is 16.1 Å². The predicted octanol–water partition coefficient (Wildman–Crippen LogP) is 1.26. The summed E-state index contributed by atoms with van der Waals surface area (Å²) in [5.74, 6) is -1.42. The zero-order valence-electron chi connectivity index (χ0n) is 10.3. The number of amides is 1. The molecule has 1 fully saturated rings. The summed E-state index contributed by atoms with van der Waals surface area (Å²) in [4.78, 5) is 27.3. The van der Waals surface area contributed by atoms with Gasteiger partial charge in [-0.25, -0.2) is 0 Å². The summed E-state index contributed by atoms with van der Waals surface area (Å²) in [7, 11) is 0. The Morgan fingerprint density at radius 1 is 1.44 bits per heavy atom. The summed E-state index contributed by atoms with van der Waals surface area (Å²) in [5, 5.41) is 11.8. The summed E-state index contributed by atoms with van der Waals surface area (Å²) < 4.78 is 0. The molecule has 5 nitrogen and oxygen atoms in total. The van der Waals surface area contributed by atoms with Crippen molar-refractivity contribution in [2.24, 2.45) is 5.41 Å². The van der Waals surface area contributed by atoms with E-state index in [-0.39, 0.29) is 6.54 Å². The Labute approximate surface area is 105 Å². The van der Waals surface area contributed by atoms with Gasteiger partial charge in [0.25, 0.3) is 0 Å². The van der Waals surface area contributed by atoms with Crippen LogP contribution in [-0.4, -0.2) is 22.0 Å². The fourth-order valence-corrected chi connectivity index (χ4v) is 2.11. The van der Waals surface area contributed by atoms with Crippen LogP contribution in [0.2, 0.25) is 0 Å². The number of nitrogens with zero attached hydrogens (tertiary/aromatic N) is 1. The van der Waals surface area contributed by atoms with Crippen LogP contribution in [0, 0.1) is 12.3 Å². The van der Waals surface area contributed by atoms with Gasteiger partial charge in [-0.05, 0) is 31.9 Å². The zero-order chi connectivity index (χ0) is 13.2. The molecule has 0 saturated heterocycles. The summed E-state index contributed by atoms with van der Waals surface area (Å²) in [6, 6.07) is 5.54. The minimum absolute atomic E-state index is 0.273. The number of aromatic nitrogens is 1. The van der Waals surface area contributed by atoms with E-state index < -0.39 is 17.3 Å². The van der Waals surface area contributed by atoms with E-state index in [0.717, 1.165) is 17.8 Å². The Hall–Kier alpha value is -1.91. The van der Waals surface area contributed by atoms with Crippen molar-refractivity contribution in [2.75, 3.05) is 0 Å². The lowest BCUT2D eigenvalue weighted by molar-refractivity contribution is -0.162. The molecule has 1 saturated carbocycles. The SMILES string of the molecule is Cc1cccc(CNC(=O)C2(C(=O)O)CCC2)n1. The Bertz CT molecular complexity index is 481. The smallest absolute Gasteiger partial charge is 0.319 e. The number of carbonyl (C=O) groups is 2. The molecular weight excluding hydrogens is 232 g/mol. The molecule has 2 rings (SSSR count). The fourth-order valence-electron chi connectivity index (χ4n) is 2.11. The van der Waals surface area contributed by atoms with E-state index >= 15 is 0 Å². The molecule has 0 aliphatic heterocycles. The second-order valence-electron chi connectivity index (χ2n) is 4.69. The lowest BCUT2D eigenvalue weighted by Gasteiger charge is -2.35. The average Bonchev–Trinajstić information content (AvgIpc) is 2.24. The first-order chi connectivity index (χ1) is 8.54. The van der Waals surface area contributed by atoms with Crippen molar-refractivity contribution < 1.29 is 14.7 Å². The third-order valence-electron chi connectivity index (χ3n) is 3.43. The van der Waals surface area contributed by atoms with Crippen LogP contribution in [0.15, 0.2) is 18.2 Å². The zero-order valence-corrected chi connectivity index (χ0v) is 10.3. The Morgan fingerprint density at radius 2 is 2.17 bits per heavy atom. The number of rotatable bonds is 4. The van der Waals surface area contributed by atoms with E-state index in [9.17, 15) is 9.59 Å². The molecule has 0 bridgehead atoms. The topological polar surface area (TPSA) is 79.3 Å². The monoisotopic (exact) mass is 248 g/mol. The number of aryl methyl sites for hydroxylation is 1. The molecule has 1 amide bonds. The third kappa shape index (κ3) is 2.20. The molecule has 0 radical (unpaired) electrons. The second-order valence-corrected chi connectivity index (χ2v) is 4.69. The Balaban J connectivity index is 1.98. The van der Waals surface area contributed by atoms with Crippen molar-refractivity contribution in [1.29, 1.82) is 0 Å². The molecule has 0 atom stereocenters. The largest absolute Gasteiger partial charge is 0.480 e. The van der Waals surface area contributed by atoms with Crippen LogP contribution in [0.25, 0.3) is 0 Å². The maximum Gasteiger partial charge on any atom is 0.319 e. The molecule has 0 aromatic carbocycles. The molecule has 2 N–H and O–H groups in total. The van der Waals surface area contributed by atoms with Crippen LogP contribution < -0.4 is 5.32 Å². The van der Waals surface area contributed by atoms with Crippen LogP contribution in [0.5, 0.6) is 0 Å². The average molecular weight is 248 g/mol. The molecule has 18 heavy (non-hydrogen) atoms. The van der Waals surface area contributed by atoms with Crippen molar-refractivity contribution in [1.82, 2.24) is 10.3 Å². The quantitative estimate of drug-likeness (QED) is 0.786.